The van der Waals surface area contributed by atoms with E-state index in [0.29, 0.717) is 28.0 Å². The van der Waals surface area contributed by atoms with Crippen LogP contribution in [0.25, 0.3) is 22.4 Å². The zero-order valence-corrected chi connectivity index (χ0v) is 15.8. The van der Waals surface area contributed by atoms with Crippen LogP contribution in [0, 0.1) is 5.82 Å². The summed E-state index contributed by atoms with van der Waals surface area (Å²) in [7, 11) is 0. The fraction of sp³-hybridized carbons (Fsp3) is 0.130. The smallest absolute Gasteiger partial charge is 0.252 e. The Kier molecular flexibility index (Phi) is 6.40. The number of rotatable bonds is 6. The average Bonchev–Trinajstić information content (AvgIpc) is 3.17. The van der Waals surface area contributed by atoms with Crippen LogP contribution in [-0.2, 0) is 11.2 Å². The number of aromatic amines is 1. The Bertz CT molecular complexity index is 1220. The minimum absolute atomic E-state index is 0. The van der Waals surface area contributed by atoms with Gasteiger partial charge in [0.1, 0.15) is 17.7 Å². The molecule has 7 nitrogen and oxygen atoms in total. The van der Waals surface area contributed by atoms with Crippen molar-refractivity contribution in [1.29, 1.82) is 0 Å². The van der Waals surface area contributed by atoms with E-state index in [4.69, 9.17) is 5.73 Å². The topological polar surface area (TPSA) is 114 Å². The van der Waals surface area contributed by atoms with Gasteiger partial charge in [-0.15, -0.1) is 0 Å². The SMILES string of the molecule is C.NC(=O)[C@@H](Cc1cccc(F)c1)NC(=O)c1ccc2nc(-c3ccncc3)[nH]c2c1. The molecule has 0 bridgehead atoms. The van der Waals surface area contributed by atoms with Crippen molar-refractivity contribution in [2.45, 2.75) is 19.9 Å². The van der Waals surface area contributed by atoms with E-state index in [1.54, 1.807) is 36.7 Å². The molecule has 31 heavy (non-hydrogen) atoms. The number of fused-ring (bicyclic) bond motifs is 1. The van der Waals surface area contributed by atoms with Crippen molar-refractivity contribution in [2.75, 3.05) is 0 Å². The number of primary amides is 1. The van der Waals surface area contributed by atoms with E-state index >= 15 is 0 Å². The Morgan fingerprint density at radius 1 is 1.10 bits per heavy atom. The van der Waals surface area contributed by atoms with Crippen molar-refractivity contribution < 1.29 is 14.0 Å². The second-order valence-electron chi connectivity index (χ2n) is 6.82. The van der Waals surface area contributed by atoms with Crippen LogP contribution in [0.3, 0.4) is 0 Å². The summed E-state index contributed by atoms with van der Waals surface area (Å²) < 4.78 is 13.4. The van der Waals surface area contributed by atoms with Gasteiger partial charge in [0.05, 0.1) is 11.0 Å². The molecule has 0 aliphatic heterocycles. The summed E-state index contributed by atoms with van der Waals surface area (Å²) in [6, 6.07) is 13.5. The molecule has 1 atom stereocenters. The largest absolute Gasteiger partial charge is 0.368 e. The maximum atomic E-state index is 13.4. The summed E-state index contributed by atoms with van der Waals surface area (Å²) in [6.45, 7) is 0. The van der Waals surface area contributed by atoms with Gasteiger partial charge in [-0.05, 0) is 48.0 Å². The number of nitrogens with one attached hydrogen (secondary N) is 2. The highest BCUT2D eigenvalue weighted by Crippen LogP contribution is 2.21. The monoisotopic (exact) mass is 419 g/mol. The summed E-state index contributed by atoms with van der Waals surface area (Å²) in [5.74, 6) is -0.921. The predicted molar refractivity (Wildman–Crippen MR) is 117 cm³/mol. The van der Waals surface area contributed by atoms with Crippen LogP contribution in [0.1, 0.15) is 23.3 Å². The minimum atomic E-state index is -0.968. The molecule has 4 N–H and O–H groups in total. The molecule has 158 valence electrons. The van der Waals surface area contributed by atoms with Gasteiger partial charge in [0.2, 0.25) is 5.91 Å². The van der Waals surface area contributed by atoms with Gasteiger partial charge in [-0.2, -0.15) is 0 Å². The molecule has 0 aliphatic rings. The third kappa shape index (κ3) is 4.92. The maximum Gasteiger partial charge on any atom is 0.252 e. The van der Waals surface area contributed by atoms with Gasteiger partial charge in [-0.3, -0.25) is 14.6 Å². The first kappa shape index (κ1) is 21.6. The van der Waals surface area contributed by atoms with Crippen LogP contribution in [-0.4, -0.2) is 32.8 Å². The fourth-order valence-corrected chi connectivity index (χ4v) is 3.16. The summed E-state index contributed by atoms with van der Waals surface area (Å²) >= 11 is 0. The molecule has 2 amide bonds. The van der Waals surface area contributed by atoms with Crippen molar-refractivity contribution in [3.8, 4) is 11.4 Å². The lowest BCUT2D eigenvalue weighted by molar-refractivity contribution is -0.119. The molecular weight excluding hydrogens is 397 g/mol. The molecular formula is C23H22FN5O2. The summed E-state index contributed by atoms with van der Waals surface area (Å²) in [5.41, 5.74) is 8.59. The third-order valence-corrected chi connectivity index (χ3v) is 4.68. The Balaban J connectivity index is 0.00000272. The Morgan fingerprint density at radius 2 is 1.87 bits per heavy atom. The van der Waals surface area contributed by atoms with E-state index in [2.05, 4.69) is 20.3 Å². The number of nitrogens with two attached hydrogens (primary N) is 1. The standard InChI is InChI=1S/C22H18FN5O2.CH4/c23-16-3-1-2-13(10-16)11-19(20(24)29)28-22(30)15-4-5-17-18(12-15)27-21(26-17)14-6-8-25-9-7-14;/h1-10,12,19H,11H2,(H2,24,29)(H,26,27)(H,28,30);1H4/t19-;/m1./s1. The van der Waals surface area contributed by atoms with E-state index in [9.17, 15) is 14.0 Å². The van der Waals surface area contributed by atoms with E-state index in [0.717, 1.165) is 5.56 Å². The minimum Gasteiger partial charge on any atom is -0.368 e. The number of H-pyrrole nitrogens is 1. The van der Waals surface area contributed by atoms with Gasteiger partial charge in [-0.25, -0.2) is 9.37 Å². The van der Waals surface area contributed by atoms with E-state index in [1.165, 1.54) is 18.2 Å². The molecule has 0 aliphatic carbocycles. The maximum absolute atomic E-state index is 13.4. The Labute approximate surface area is 178 Å². The van der Waals surface area contributed by atoms with Crippen molar-refractivity contribution in [1.82, 2.24) is 20.3 Å². The number of aromatic nitrogens is 3. The highest BCUT2D eigenvalue weighted by molar-refractivity contribution is 6.00. The molecule has 2 heterocycles. The van der Waals surface area contributed by atoms with Crippen LogP contribution in [0.2, 0.25) is 0 Å². The Hall–Kier alpha value is -4.07. The summed E-state index contributed by atoms with van der Waals surface area (Å²) in [4.78, 5) is 36.2. The highest BCUT2D eigenvalue weighted by atomic mass is 19.1. The van der Waals surface area contributed by atoms with Gasteiger partial charge in [-0.1, -0.05) is 19.6 Å². The number of amides is 2. The predicted octanol–water partition coefficient (Wildman–Crippen LogP) is 3.23. The van der Waals surface area contributed by atoms with Crippen LogP contribution < -0.4 is 11.1 Å². The number of benzene rings is 2. The van der Waals surface area contributed by atoms with Crippen LogP contribution in [0.15, 0.2) is 67.0 Å². The highest BCUT2D eigenvalue weighted by Gasteiger charge is 2.20. The van der Waals surface area contributed by atoms with Gasteiger partial charge in [0.15, 0.2) is 0 Å². The normalized spacial score (nSPS) is 11.5. The Morgan fingerprint density at radius 3 is 2.58 bits per heavy atom. The molecule has 0 spiro atoms. The van der Waals surface area contributed by atoms with Gasteiger partial charge < -0.3 is 16.0 Å². The number of carbonyl (C=O) groups is 2. The van der Waals surface area contributed by atoms with E-state index < -0.39 is 23.7 Å². The molecule has 8 heteroatoms. The van der Waals surface area contributed by atoms with Gasteiger partial charge in [0, 0.05) is 29.9 Å². The number of hydrogen-bond acceptors (Lipinski definition) is 4. The molecule has 0 fully saturated rings. The third-order valence-electron chi connectivity index (χ3n) is 4.68. The van der Waals surface area contributed by atoms with Gasteiger partial charge >= 0.3 is 0 Å². The molecule has 4 aromatic rings. The number of imidazole rings is 1. The fourth-order valence-electron chi connectivity index (χ4n) is 3.16. The number of hydrogen-bond donors (Lipinski definition) is 3. The molecule has 0 unspecified atom stereocenters. The zero-order valence-electron chi connectivity index (χ0n) is 15.8. The van der Waals surface area contributed by atoms with Crippen LogP contribution in [0.4, 0.5) is 4.39 Å². The van der Waals surface area contributed by atoms with Gasteiger partial charge in [0.25, 0.3) is 5.91 Å². The first-order chi connectivity index (χ1) is 14.5. The van der Waals surface area contributed by atoms with Crippen LogP contribution in [0.5, 0.6) is 0 Å². The molecule has 0 saturated carbocycles. The number of nitrogens with zero attached hydrogens (tertiary/aromatic N) is 2. The second-order valence-corrected chi connectivity index (χ2v) is 6.82. The molecule has 2 aromatic carbocycles. The first-order valence-electron chi connectivity index (χ1n) is 9.24. The number of halogens is 1. The van der Waals surface area contributed by atoms with Crippen molar-refractivity contribution >= 4 is 22.8 Å². The van der Waals surface area contributed by atoms with E-state index in [1.807, 2.05) is 12.1 Å². The lowest BCUT2D eigenvalue weighted by Crippen LogP contribution is -2.45. The van der Waals surface area contributed by atoms with Crippen LogP contribution >= 0.6 is 0 Å². The quantitative estimate of drug-likeness (QED) is 0.445. The first-order valence-corrected chi connectivity index (χ1v) is 9.24. The lowest BCUT2D eigenvalue weighted by atomic mass is 10.0. The molecule has 4 rings (SSSR count). The van der Waals surface area contributed by atoms with Crippen molar-refractivity contribution in [3.05, 3.63) is 83.9 Å². The average molecular weight is 419 g/mol. The van der Waals surface area contributed by atoms with Crippen molar-refractivity contribution in [3.63, 3.8) is 0 Å². The molecule has 2 aromatic heterocycles. The van der Waals surface area contributed by atoms with Crippen molar-refractivity contribution in [2.24, 2.45) is 5.73 Å². The number of pyridine rings is 1. The molecule has 0 saturated heterocycles. The molecule has 0 radical (unpaired) electrons. The summed E-state index contributed by atoms with van der Waals surface area (Å²) in [5, 5.41) is 2.63. The lowest BCUT2D eigenvalue weighted by Gasteiger charge is -2.15. The summed E-state index contributed by atoms with van der Waals surface area (Å²) in [6.07, 6.45) is 3.44. The second kappa shape index (κ2) is 9.17. The zero-order chi connectivity index (χ0) is 21.1. The van der Waals surface area contributed by atoms with E-state index in [-0.39, 0.29) is 13.8 Å². The number of carbonyl (C=O) groups excluding carboxylic acids is 2.